The molecular weight excluding hydrogens is 485 g/mol. The minimum atomic E-state index is -4.85. The van der Waals surface area contributed by atoms with Crippen molar-refractivity contribution in [3.8, 4) is 17.4 Å². The molecule has 0 aliphatic heterocycles. The molecule has 1 aromatic heterocycles. The summed E-state index contributed by atoms with van der Waals surface area (Å²) in [6.07, 6.45) is -3.64. The van der Waals surface area contributed by atoms with Gasteiger partial charge in [0.2, 0.25) is 0 Å². The van der Waals surface area contributed by atoms with Crippen LogP contribution in [0.25, 0.3) is 0 Å². The van der Waals surface area contributed by atoms with Crippen molar-refractivity contribution in [3.63, 3.8) is 0 Å². The highest BCUT2D eigenvalue weighted by Gasteiger charge is 2.38. The fourth-order valence-corrected chi connectivity index (χ4v) is 4.00. The molecule has 2 aromatic carbocycles. The molecule has 1 unspecified atom stereocenters. The first-order chi connectivity index (χ1) is 16.2. The second kappa shape index (κ2) is 9.53. The summed E-state index contributed by atoms with van der Waals surface area (Å²) in [5.41, 5.74) is -0.826. The third-order valence-electron chi connectivity index (χ3n) is 5.12. The first-order valence-corrected chi connectivity index (χ1v) is 12.1. The predicted molar refractivity (Wildman–Crippen MR) is 124 cm³/mol. The largest absolute Gasteiger partial charge is 0.496 e. The maximum Gasteiger partial charge on any atom is 0.435 e. The Morgan fingerprint density at radius 3 is 2.29 bits per heavy atom. The lowest BCUT2D eigenvalue weighted by Crippen LogP contribution is -2.21. The normalized spacial score (nSPS) is 13.1. The van der Waals surface area contributed by atoms with Crippen molar-refractivity contribution in [2.75, 3.05) is 18.7 Å². The molecule has 12 heteroatoms. The van der Waals surface area contributed by atoms with Crippen molar-refractivity contribution in [1.82, 2.24) is 10.2 Å². The van der Waals surface area contributed by atoms with E-state index in [1.807, 2.05) is 0 Å². The summed E-state index contributed by atoms with van der Waals surface area (Å²) in [6, 6.07) is 9.00. The quantitative estimate of drug-likeness (QED) is 0.454. The third-order valence-corrected chi connectivity index (χ3v) is 6.27. The van der Waals surface area contributed by atoms with Gasteiger partial charge in [0.1, 0.15) is 17.1 Å². The van der Waals surface area contributed by atoms with Gasteiger partial charge in [-0.1, -0.05) is 6.07 Å². The summed E-state index contributed by atoms with van der Waals surface area (Å²) >= 11 is 0. The van der Waals surface area contributed by atoms with Gasteiger partial charge in [0, 0.05) is 16.8 Å². The Kier molecular flexibility index (Phi) is 7.06. The molecule has 0 spiro atoms. The summed E-state index contributed by atoms with van der Waals surface area (Å²) in [5, 5.41) is 9.31. The molecule has 2 N–H and O–H groups in total. The molecule has 8 nitrogen and oxygen atoms in total. The lowest BCUT2D eigenvalue weighted by molar-refractivity contribution is -0.142. The zero-order valence-electron chi connectivity index (χ0n) is 19.5. The van der Waals surface area contributed by atoms with Gasteiger partial charge in [0.05, 0.1) is 16.8 Å². The van der Waals surface area contributed by atoms with Gasteiger partial charge >= 0.3 is 6.18 Å². The number of amides is 1. The second-order valence-electron chi connectivity index (χ2n) is 7.87. The van der Waals surface area contributed by atoms with Gasteiger partial charge in [-0.3, -0.25) is 4.79 Å². The van der Waals surface area contributed by atoms with Gasteiger partial charge in [-0.25, -0.2) is 8.99 Å². The molecule has 1 heterocycles. The Bertz CT molecular complexity index is 1410. The van der Waals surface area contributed by atoms with Crippen LogP contribution >= 0.6 is 0 Å². The average Bonchev–Trinajstić information content (AvgIpc) is 2.74. The molecule has 3 rings (SSSR count). The van der Waals surface area contributed by atoms with E-state index < -0.39 is 44.5 Å². The van der Waals surface area contributed by atoms with Crippen LogP contribution in [-0.2, 0) is 15.9 Å². The van der Waals surface area contributed by atoms with Crippen molar-refractivity contribution in [1.29, 1.82) is 4.78 Å². The smallest absolute Gasteiger partial charge is 0.435 e. The number of nitrogens with one attached hydrogen (secondary N) is 2. The average molecular weight is 509 g/mol. The van der Waals surface area contributed by atoms with Gasteiger partial charge in [-0.2, -0.15) is 13.2 Å². The molecule has 3 aromatic rings. The lowest BCUT2D eigenvalue weighted by Gasteiger charge is -2.17. The standard InChI is InChI=1S/C23H23F3N4O4S/c1-12-10-18(13(2)9-17(12)33-4)34-22-19(14(3)20(29-30-22)23(24,25)26)21(31)28-15-7-6-8-16(11-15)35(5,27)32/h6-11,27H,1-5H3,(H,28,31). The summed E-state index contributed by atoms with van der Waals surface area (Å²) in [4.78, 5) is 13.3. The fraction of sp³-hybridized carbons (Fsp3) is 0.261. The lowest BCUT2D eigenvalue weighted by atomic mass is 10.1. The summed E-state index contributed by atoms with van der Waals surface area (Å²) in [6.45, 7) is 4.56. The van der Waals surface area contributed by atoms with Crippen molar-refractivity contribution >= 4 is 21.3 Å². The monoisotopic (exact) mass is 508 g/mol. The van der Waals surface area contributed by atoms with Gasteiger partial charge in [-0.15, -0.1) is 10.2 Å². The number of alkyl halides is 3. The Morgan fingerprint density at radius 2 is 1.69 bits per heavy atom. The first kappa shape index (κ1) is 25.9. The van der Waals surface area contributed by atoms with E-state index in [-0.39, 0.29) is 16.3 Å². The van der Waals surface area contributed by atoms with Crippen LogP contribution in [0.2, 0.25) is 0 Å². The Hall–Kier alpha value is -3.67. The number of anilines is 1. The summed E-state index contributed by atoms with van der Waals surface area (Å²) < 4.78 is 71.4. The molecule has 0 fully saturated rings. The number of carbonyl (C=O) groups is 1. The maximum absolute atomic E-state index is 13.5. The molecule has 186 valence electrons. The molecule has 0 bridgehead atoms. The number of methoxy groups -OCH3 is 1. The molecule has 35 heavy (non-hydrogen) atoms. The van der Waals surface area contributed by atoms with Gasteiger partial charge in [0.25, 0.3) is 11.8 Å². The molecule has 0 radical (unpaired) electrons. The number of aromatic nitrogens is 2. The highest BCUT2D eigenvalue weighted by molar-refractivity contribution is 7.91. The Morgan fingerprint density at radius 1 is 1.06 bits per heavy atom. The first-order valence-electron chi connectivity index (χ1n) is 10.1. The topological polar surface area (TPSA) is 114 Å². The van der Waals surface area contributed by atoms with Crippen molar-refractivity contribution in [2.45, 2.75) is 31.8 Å². The summed E-state index contributed by atoms with van der Waals surface area (Å²) in [7, 11) is -1.58. The molecule has 1 atom stereocenters. The highest BCUT2D eigenvalue weighted by atomic mass is 32.2. The number of aryl methyl sites for hydroxylation is 2. The van der Waals surface area contributed by atoms with E-state index >= 15 is 0 Å². The number of carbonyl (C=O) groups excluding carboxylic acids is 1. The van der Waals surface area contributed by atoms with Crippen LogP contribution < -0.4 is 14.8 Å². The third kappa shape index (κ3) is 5.70. The van der Waals surface area contributed by atoms with Crippen LogP contribution in [0.1, 0.15) is 32.7 Å². The van der Waals surface area contributed by atoms with Crippen molar-refractivity contribution in [2.24, 2.45) is 0 Å². The Labute approximate surface area is 200 Å². The van der Waals surface area contributed by atoms with Crippen molar-refractivity contribution in [3.05, 3.63) is 64.3 Å². The van der Waals surface area contributed by atoms with Gasteiger partial charge in [0.15, 0.2) is 5.69 Å². The van der Waals surface area contributed by atoms with Gasteiger partial charge < -0.3 is 14.8 Å². The van der Waals surface area contributed by atoms with Crippen LogP contribution in [0, 0.1) is 25.6 Å². The van der Waals surface area contributed by atoms with E-state index in [1.165, 1.54) is 37.6 Å². The number of halogens is 3. The number of hydrogen-bond donors (Lipinski definition) is 2. The number of rotatable bonds is 6. The van der Waals surface area contributed by atoms with Gasteiger partial charge in [-0.05, 0) is 67.8 Å². The van der Waals surface area contributed by atoms with Crippen LogP contribution in [0.5, 0.6) is 17.4 Å². The zero-order valence-corrected chi connectivity index (χ0v) is 20.4. The molecule has 0 aliphatic carbocycles. The fourth-order valence-electron chi connectivity index (χ4n) is 3.31. The van der Waals surface area contributed by atoms with E-state index in [9.17, 15) is 22.2 Å². The van der Waals surface area contributed by atoms with E-state index in [0.29, 0.717) is 16.9 Å². The highest BCUT2D eigenvalue weighted by Crippen LogP contribution is 2.36. The molecular formula is C23H23F3N4O4S. The molecule has 0 aliphatic rings. The number of nitrogens with zero attached hydrogens (tertiary/aromatic N) is 2. The predicted octanol–water partition coefficient (Wildman–Crippen LogP) is 5.51. The zero-order chi connectivity index (χ0) is 26.1. The number of benzene rings is 2. The SMILES string of the molecule is COc1cc(C)c(Oc2nnc(C(F)(F)F)c(C)c2C(=O)Nc2cccc(S(C)(=N)=O)c2)cc1C. The van der Waals surface area contributed by atoms with Crippen LogP contribution in [-0.4, -0.2) is 33.7 Å². The van der Waals surface area contributed by atoms with E-state index in [4.69, 9.17) is 14.3 Å². The van der Waals surface area contributed by atoms with E-state index in [0.717, 1.165) is 6.92 Å². The van der Waals surface area contributed by atoms with Crippen molar-refractivity contribution < 1.29 is 31.6 Å². The van der Waals surface area contributed by atoms with E-state index in [2.05, 4.69) is 15.5 Å². The van der Waals surface area contributed by atoms with E-state index in [1.54, 1.807) is 26.0 Å². The molecule has 0 saturated carbocycles. The number of hydrogen-bond acceptors (Lipinski definition) is 7. The summed E-state index contributed by atoms with van der Waals surface area (Å²) in [5.74, 6) is -0.515. The van der Waals surface area contributed by atoms with Crippen LogP contribution in [0.3, 0.4) is 0 Å². The second-order valence-corrected chi connectivity index (χ2v) is 10.0. The molecule has 0 saturated heterocycles. The number of ether oxygens (including phenoxy) is 2. The minimum absolute atomic E-state index is 0.140. The maximum atomic E-state index is 13.5. The molecule has 1 amide bonds. The van der Waals surface area contributed by atoms with Crippen LogP contribution in [0.4, 0.5) is 18.9 Å². The Balaban J connectivity index is 2.10. The minimum Gasteiger partial charge on any atom is -0.496 e. The van der Waals surface area contributed by atoms with Crippen LogP contribution in [0.15, 0.2) is 41.3 Å².